The molecule has 0 aliphatic heterocycles. The van der Waals surface area contributed by atoms with Gasteiger partial charge in [-0.25, -0.2) is 0 Å². The molecular formula is C27H33NO2. The molecule has 1 amide bonds. The summed E-state index contributed by atoms with van der Waals surface area (Å²) in [6.07, 6.45) is 13.4. The lowest BCUT2D eigenvalue weighted by molar-refractivity contribution is -0.120. The van der Waals surface area contributed by atoms with Crippen LogP contribution in [-0.2, 0) is 11.2 Å². The van der Waals surface area contributed by atoms with Gasteiger partial charge in [0, 0.05) is 17.7 Å². The number of hydrogen-bond donors (Lipinski definition) is 1. The van der Waals surface area contributed by atoms with E-state index in [1.807, 2.05) is 48.5 Å². The summed E-state index contributed by atoms with van der Waals surface area (Å²) in [5.74, 6) is 0.0868. The Bertz CT molecular complexity index is 884. The molecule has 0 saturated carbocycles. The van der Waals surface area contributed by atoms with Crippen molar-refractivity contribution in [2.45, 2.75) is 64.2 Å². The molecule has 0 spiro atoms. The number of fused-ring (bicyclic) bond motifs is 3. The second-order valence-electron chi connectivity index (χ2n) is 8.19. The smallest absolute Gasteiger partial charge is 0.224 e. The zero-order valence-electron chi connectivity index (χ0n) is 17.9. The molecule has 0 atom stereocenters. The summed E-state index contributed by atoms with van der Waals surface area (Å²) in [5, 5.41) is 3.02. The van der Waals surface area contributed by atoms with Gasteiger partial charge in [0.1, 0.15) is 0 Å². The minimum Gasteiger partial charge on any atom is -0.356 e. The molecule has 0 saturated heterocycles. The average molecular weight is 404 g/mol. The first kappa shape index (κ1) is 22.0. The van der Waals surface area contributed by atoms with Crippen molar-refractivity contribution < 1.29 is 9.59 Å². The van der Waals surface area contributed by atoms with Gasteiger partial charge in [0.05, 0.1) is 6.42 Å². The van der Waals surface area contributed by atoms with Crippen LogP contribution in [0.15, 0.2) is 55.1 Å². The molecule has 3 rings (SSSR count). The van der Waals surface area contributed by atoms with E-state index < -0.39 is 0 Å². The Morgan fingerprint density at radius 2 is 1.43 bits per heavy atom. The summed E-state index contributed by atoms with van der Waals surface area (Å²) in [6, 6.07) is 13.5. The summed E-state index contributed by atoms with van der Waals surface area (Å²) < 4.78 is 0. The predicted molar refractivity (Wildman–Crippen MR) is 124 cm³/mol. The fraction of sp³-hybridized carbons (Fsp3) is 0.407. The Morgan fingerprint density at radius 1 is 0.800 bits per heavy atom. The van der Waals surface area contributed by atoms with Gasteiger partial charge in [-0.05, 0) is 42.0 Å². The van der Waals surface area contributed by atoms with Crippen LogP contribution in [0.3, 0.4) is 0 Å². The molecule has 30 heavy (non-hydrogen) atoms. The highest BCUT2D eigenvalue weighted by Crippen LogP contribution is 2.36. The van der Waals surface area contributed by atoms with Crippen molar-refractivity contribution >= 4 is 11.7 Å². The van der Waals surface area contributed by atoms with Crippen LogP contribution in [0, 0.1) is 0 Å². The highest BCUT2D eigenvalue weighted by Gasteiger charge is 2.26. The monoisotopic (exact) mass is 403 g/mol. The van der Waals surface area contributed by atoms with Gasteiger partial charge in [-0.15, -0.1) is 6.58 Å². The minimum absolute atomic E-state index is 0.0279. The summed E-state index contributed by atoms with van der Waals surface area (Å²) in [7, 11) is 0. The van der Waals surface area contributed by atoms with Gasteiger partial charge in [-0.1, -0.05) is 81.0 Å². The molecule has 1 aliphatic rings. The number of allylic oxidation sites excluding steroid dienone is 1. The van der Waals surface area contributed by atoms with Gasteiger partial charge in [0.25, 0.3) is 0 Å². The molecule has 2 aromatic rings. The number of ketones is 1. The fourth-order valence-corrected chi connectivity index (χ4v) is 4.14. The van der Waals surface area contributed by atoms with Gasteiger partial charge in [-0.3, -0.25) is 9.59 Å². The Kier molecular flexibility index (Phi) is 8.43. The van der Waals surface area contributed by atoms with E-state index in [2.05, 4.69) is 11.9 Å². The van der Waals surface area contributed by atoms with Crippen molar-refractivity contribution in [2.75, 3.05) is 6.54 Å². The van der Waals surface area contributed by atoms with E-state index in [4.69, 9.17) is 0 Å². The molecule has 1 N–H and O–H groups in total. The summed E-state index contributed by atoms with van der Waals surface area (Å²) in [5.41, 5.74) is 4.33. The van der Waals surface area contributed by atoms with Crippen LogP contribution in [0.2, 0.25) is 0 Å². The van der Waals surface area contributed by atoms with E-state index in [1.165, 1.54) is 44.9 Å². The number of benzene rings is 2. The van der Waals surface area contributed by atoms with Crippen LogP contribution in [-0.4, -0.2) is 18.2 Å². The number of carbonyl (C=O) groups excluding carboxylic acids is 2. The van der Waals surface area contributed by atoms with Crippen LogP contribution in [0.25, 0.3) is 11.1 Å². The van der Waals surface area contributed by atoms with E-state index in [-0.39, 0.29) is 11.7 Å². The summed E-state index contributed by atoms with van der Waals surface area (Å²) >= 11 is 0. The van der Waals surface area contributed by atoms with Crippen molar-refractivity contribution in [2.24, 2.45) is 0 Å². The Labute approximate surface area is 180 Å². The molecule has 0 bridgehead atoms. The normalized spacial score (nSPS) is 11.8. The third-order valence-corrected chi connectivity index (χ3v) is 5.81. The highest BCUT2D eigenvalue weighted by molar-refractivity contribution is 6.21. The number of nitrogens with one attached hydrogen (secondary N) is 1. The van der Waals surface area contributed by atoms with Crippen LogP contribution < -0.4 is 5.32 Å². The summed E-state index contributed by atoms with van der Waals surface area (Å²) in [6.45, 7) is 4.48. The number of unbranched alkanes of at least 4 members (excludes halogenated alkanes) is 8. The van der Waals surface area contributed by atoms with Crippen molar-refractivity contribution in [1.82, 2.24) is 5.32 Å². The van der Waals surface area contributed by atoms with Gasteiger partial charge in [0.2, 0.25) is 5.91 Å². The van der Waals surface area contributed by atoms with Crippen LogP contribution >= 0.6 is 0 Å². The second-order valence-corrected chi connectivity index (χ2v) is 8.19. The summed E-state index contributed by atoms with van der Waals surface area (Å²) in [4.78, 5) is 24.9. The van der Waals surface area contributed by atoms with Crippen molar-refractivity contribution in [3.8, 4) is 11.1 Å². The van der Waals surface area contributed by atoms with Crippen molar-refractivity contribution in [3.63, 3.8) is 0 Å². The first-order valence-electron chi connectivity index (χ1n) is 11.4. The number of amides is 1. The molecule has 0 aromatic heterocycles. The molecule has 0 unspecified atom stereocenters. The number of rotatable bonds is 13. The van der Waals surface area contributed by atoms with Crippen LogP contribution in [0.5, 0.6) is 0 Å². The van der Waals surface area contributed by atoms with E-state index in [0.717, 1.165) is 41.6 Å². The zero-order valence-corrected chi connectivity index (χ0v) is 17.9. The van der Waals surface area contributed by atoms with Gasteiger partial charge >= 0.3 is 0 Å². The van der Waals surface area contributed by atoms with Crippen molar-refractivity contribution in [3.05, 3.63) is 71.8 Å². The lowest BCUT2D eigenvalue weighted by Crippen LogP contribution is -2.26. The lowest BCUT2D eigenvalue weighted by Gasteiger charge is -2.07. The molecule has 0 heterocycles. The SMILES string of the molecule is C=CCCCCCCCCCCNC(=O)Cc1ccc2c(c1)C(=O)c1ccccc1-2. The Morgan fingerprint density at radius 3 is 2.17 bits per heavy atom. The number of carbonyl (C=O) groups is 2. The van der Waals surface area contributed by atoms with Crippen LogP contribution in [0.4, 0.5) is 0 Å². The third kappa shape index (κ3) is 5.91. The first-order valence-corrected chi connectivity index (χ1v) is 11.4. The number of hydrogen-bond acceptors (Lipinski definition) is 2. The van der Waals surface area contributed by atoms with Gasteiger partial charge < -0.3 is 5.32 Å². The maximum absolute atomic E-state index is 12.6. The largest absolute Gasteiger partial charge is 0.356 e. The second kappa shape index (κ2) is 11.5. The average Bonchev–Trinajstić information content (AvgIpc) is 3.04. The molecule has 1 aliphatic carbocycles. The highest BCUT2D eigenvalue weighted by atomic mass is 16.1. The Balaban J connectivity index is 1.33. The minimum atomic E-state index is 0.0279. The van der Waals surface area contributed by atoms with E-state index in [9.17, 15) is 9.59 Å². The molecule has 158 valence electrons. The molecule has 3 heteroatoms. The first-order chi connectivity index (χ1) is 14.7. The van der Waals surface area contributed by atoms with Crippen LogP contribution in [0.1, 0.15) is 79.3 Å². The van der Waals surface area contributed by atoms with E-state index in [1.54, 1.807) is 0 Å². The zero-order chi connectivity index (χ0) is 21.2. The standard InChI is InChI=1S/C27H33NO2/c1-2-3-4-5-6-7-8-9-10-13-18-28-26(29)20-21-16-17-23-22-14-11-12-15-24(22)27(30)25(23)19-21/h2,11-12,14-17,19H,1,3-10,13,18,20H2,(H,28,29). The fourth-order valence-electron chi connectivity index (χ4n) is 4.14. The maximum Gasteiger partial charge on any atom is 0.224 e. The topological polar surface area (TPSA) is 46.2 Å². The third-order valence-electron chi connectivity index (χ3n) is 5.81. The Hall–Kier alpha value is -2.68. The van der Waals surface area contributed by atoms with E-state index >= 15 is 0 Å². The quantitative estimate of drug-likeness (QED) is 0.271. The van der Waals surface area contributed by atoms with E-state index in [0.29, 0.717) is 12.0 Å². The molecule has 0 fully saturated rings. The maximum atomic E-state index is 12.6. The molecule has 2 aromatic carbocycles. The van der Waals surface area contributed by atoms with Crippen molar-refractivity contribution in [1.29, 1.82) is 0 Å². The van der Waals surface area contributed by atoms with Gasteiger partial charge in [-0.2, -0.15) is 0 Å². The molecule has 3 nitrogen and oxygen atoms in total. The predicted octanol–water partition coefficient (Wildman–Crippen LogP) is 6.25. The lowest BCUT2D eigenvalue weighted by atomic mass is 10.0. The van der Waals surface area contributed by atoms with Gasteiger partial charge in [0.15, 0.2) is 5.78 Å². The molecular weight excluding hydrogens is 370 g/mol. The molecule has 0 radical (unpaired) electrons.